The van der Waals surface area contributed by atoms with Gasteiger partial charge in [0, 0.05) is 18.5 Å². The van der Waals surface area contributed by atoms with E-state index in [1.165, 1.54) is 29.1 Å². The maximum atomic E-state index is 11.8. The van der Waals surface area contributed by atoms with E-state index in [2.05, 4.69) is 11.4 Å². The van der Waals surface area contributed by atoms with Crippen LogP contribution < -0.4 is 10.1 Å². The van der Waals surface area contributed by atoms with Crippen LogP contribution in [0.4, 0.5) is 16.2 Å². The Balaban J connectivity index is 2.27. The van der Waals surface area contributed by atoms with Gasteiger partial charge in [0.15, 0.2) is 0 Å². The maximum Gasteiger partial charge on any atom is 0.330 e. The van der Waals surface area contributed by atoms with Crippen LogP contribution in [-0.4, -0.2) is 22.1 Å². The van der Waals surface area contributed by atoms with Gasteiger partial charge in [0.25, 0.3) is 5.69 Å². The summed E-state index contributed by atoms with van der Waals surface area (Å²) in [7, 11) is 0. The normalized spacial score (nSPS) is 10.1. The van der Waals surface area contributed by atoms with Crippen molar-refractivity contribution in [3.05, 3.63) is 52.8 Å². The van der Waals surface area contributed by atoms with Gasteiger partial charge in [0.1, 0.15) is 11.4 Å². The van der Waals surface area contributed by atoms with E-state index in [-0.39, 0.29) is 11.4 Å². The van der Waals surface area contributed by atoms with Gasteiger partial charge in [-0.15, -0.1) is 0 Å². The number of benzene rings is 1. The van der Waals surface area contributed by atoms with E-state index in [4.69, 9.17) is 4.74 Å². The molecule has 0 unspecified atom stereocenters. The molecule has 7 nitrogen and oxygen atoms in total. The van der Waals surface area contributed by atoms with Gasteiger partial charge >= 0.3 is 6.03 Å². The maximum absolute atomic E-state index is 11.8. The highest BCUT2D eigenvalue weighted by atomic mass is 16.6. The molecule has 0 aliphatic carbocycles. The third-order valence-electron chi connectivity index (χ3n) is 2.50. The van der Waals surface area contributed by atoms with Gasteiger partial charge in [-0.3, -0.25) is 14.7 Å². The van der Waals surface area contributed by atoms with Gasteiger partial charge in [-0.1, -0.05) is 0 Å². The summed E-state index contributed by atoms with van der Waals surface area (Å²) in [5.74, 6) is 0.381. The molecule has 1 aromatic carbocycles. The van der Waals surface area contributed by atoms with Crippen molar-refractivity contribution in [2.45, 2.75) is 6.92 Å². The first kappa shape index (κ1) is 13.6. The second-order valence-corrected chi connectivity index (χ2v) is 3.82. The first-order valence-corrected chi connectivity index (χ1v) is 5.88. The van der Waals surface area contributed by atoms with Crippen molar-refractivity contribution in [2.24, 2.45) is 0 Å². The Morgan fingerprint density at radius 1 is 1.55 bits per heavy atom. The van der Waals surface area contributed by atoms with E-state index in [9.17, 15) is 14.9 Å². The summed E-state index contributed by atoms with van der Waals surface area (Å²) < 4.78 is 6.44. The summed E-state index contributed by atoms with van der Waals surface area (Å²) in [5.41, 5.74) is -0.113. The SMILES string of the molecule is CCOc1ccc(NC(=O)n2c[c]cc2)c([N+](=O)[O-])c1. The molecular weight excluding hydrogens is 262 g/mol. The Labute approximate surface area is 114 Å². The van der Waals surface area contributed by atoms with Gasteiger partial charge in [-0.05, 0) is 25.1 Å². The number of nitrogens with zero attached hydrogens (tertiary/aromatic N) is 2. The van der Waals surface area contributed by atoms with Crippen LogP contribution >= 0.6 is 0 Å². The third kappa shape index (κ3) is 2.94. The van der Waals surface area contributed by atoms with Crippen molar-refractivity contribution in [3.8, 4) is 5.75 Å². The van der Waals surface area contributed by atoms with E-state index in [0.29, 0.717) is 12.4 Å². The van der Waals surface area contributed by atoms with Gasteiger partial charge in [0.05, 0.1) is 17.6 Å². The van der Waals surface area contributed by atoms with Crippen LogP contribution in [0.25, 0.3) is 0 Å². The number of rotatable bonds is 4. The number of nitro benzene ring substituents is 1. The molecule has 1 radical (unpaired) electrons. The van der Waals surface area contributed by atoms with Crippen molar-refractivity contribution in [1.29, 1.82) is 0 Å². The number of anilines is 1. The third-order valence-corrected chi connectivity index (χ3v) is 2.50. The number of aromatic nitrogens is 1. The standard InChI is InChI=1S/C13H12N3O4/c1-2-20-10-5-6-11(12(9-10)16(18)19)14-13(17)15-7-3-4-8-15/h3,5-9H,2H2,1H3,(H,14,17). The van der Waals surface area contributed by atoms with Crippen LogP contribution in [0.1, 0.15) is 6.92 Å². The first-order chi connectivity index (χ1) is 9.61. The van der Waals surface area contributed by atoms with Crippen LogP contribution in [0.2, 0.25) is 0 Å². The Hall–Kier alpha value is -2.83. The fourth-order valence-electron chi connectivity index (χ4n) is 1.62. The van der Waals surface area contributed by atoms with Crippen molar-refractivity contribution >= 4 is 17.4 Å². The van der Waals surface area contributed by atoms with Crippen molar-refractivity contribution < 1.29 is 14.5 Å². The molecule has 0 bridgehead atoms. The van der Waals surface area contributed by atoms with Gasteiger partial charge in [-0.2, -0.15) is 0 Å². The fourth-order valence-corrected chi connectivity index (χ4v) is 1.62. The number of carbonyl (C=O) groups is 1. The van der Waals surface area contributed by atoms with Crippen molar-refractivity contribution in [1.82, 2.24) is 4.57 Å². The molecule has 0 saturated carbocycles. The summed E-state index contributed by atoms with van der Waals surface area (Å²) in [6, 6.07) is 8.05. The summed E-state index contributed by atoms with van der Waals surface area (Å²) in [6.07, 6.45) is 2.92. The van der Waals surface area contributed by atoms with Crippen LogP contribution in [0.5, 0.6) is 5.75 Å². The molecule has 0 aliphatic rings. The Bertz CT molecular complexity index is 623. The average molecular weight is 274 g/mol. The second kappa shape index (κ2) is 5.87. The number of amides is 1. The molecule has 0 saturated heterocycles. The van der Waals surface area contributed by atoms with Crippen molar-refractivity contribution in [3.63, 3.8) is 0 Å². The summed E-state index contributed by atoms with van der Waals surface area (Å²) in [6.45, 7) is 2.19. The number of carbonyl (C=O) groups excluding carboxylic acids is 1. The highest BCUT2D eigenvalue weighted by Crippen LogP contribution is 2.29. The summed E-state index contributed by atoms with van der Waals surface area (Å²) in [4.78, 5) is 22.3. The number of hydrogen-bond acceptors (Lipinski definition) is 4. The molecule has 1 heterocycles. The minimum Gasteiger partial charge on any atom is -0.494 e. The highest BCUT2D eigenvalue weighted by molar-refractivity contribution is 5.93. The smallest absolute Gasteiger partial charge is 0.330 e. The Kier molecular flexibility index (Phi) is 3.99. The number of nitrogens with one attached hydrogen (secondary N) is 1. The van der Waals surface area contributed by atoms with Crippen LogP contribution in [0.3, 0.4) is 0 Å². The first-order valence-electron chi connectivity index (χ1n) is 5.88. The lowest BCUT2D eigenvalue weighted by molar-refractivity contribution is -0.384. The lowest BCUT2D eigenvalue weighted by Gasteiger charge is -2.08. The quantitative estimate of drug-likeness (QED) is 0.686. The Morgan fingerprint density at radius 3 is 2.95 bits per heavy atom. The molecule has 0 fully saturated rings. The molecule has 0 spiro atoms. The molecule has 103 valence electrons. The topological polar surface area (TPSA) is 86.4 Å². The minimum atomic E-state index is -0.570. The van der Waals surface area contributed by atoms with Crippen molar-refractivity contribution in [2.75, 3.05) is 11.9 Å². The monoisotopic (exact) mass is 274 g/mol. The van der Waals surface area contributed by atoms with E-state index < -0.39 is 11.0 Å². The predicted molar refractivity (Wildman–Crippen MR) is 72.0 cm³/mol. The summed E-state index contributed by atoms with van der Waals surface area (Å²) in [5, 5.41) is 13.5. The molecule has 1 amide bonds. The van der Waals surface area contributed by atoms with Gasteiger partial charge < -0.3 is 10.1 Å². The molecule has 2 aromatic rings. The molecule has 20 heavy (non-hydrogen) atoms. The largest absolute Gasteiger partial charge is 0.494 e. The zero-order valence-electron chi connectivity index (χ0n) is 10.7. The molecule has 7 heteroatoms. The van der Waals surface area contributed by atoms with Crippen LogP contribution in [-0.2, 0) is 0 Å². The molecule has 2 rings (SSSR count). The zero-order chi connectivity index (χ0) is 14.5. The van der Waals surface area contributed by atoms with E-state index in [1.807, 2.05) is 0 Å². The predicted octanol–water partition coefficient (Wildman–Crippen LogP) is 2.68. The van der Waals surface area contributed by atoms with Gasteiger partial charge in [-0.25, -0.2) is 4.79 Å². The lowest BCUT2D eigenvalue weighted by Crippen LogP contribution is -2.18. The molecule has 1 aromatic heterocycles. The van der Waals surface area contributed by atoms with Crippen LogP contribution in [0.15, 0.2) is 36.7 Å². The van der Waals surface area contributed by atoms with E-state index >= 15 is 0 Å². The molecule has 0 atom stereocenters. The van der Waals surface area contributed by atoms with E-state index in [1.54, 1.807) is 19.1 Å². The number of nitro groups is 1. The average Bonchev–Trinajstić information content (AvgIpc) is 2.94. The van der Waals surface area contributed by atoms with E-state index in [0.717, 1.165) is 0 Å². The molecule has 0 aliphatic heterocycles. The Morgan fingerprint density at radius 2 is 2.35 bits per heavy atom. The molecule has 1 N–H and O–H groups in total. The zero-order valence-corrected chi connectivity index (χ0v) is 10.7. The summed E-state index contributed by atoms with van der Waals surface area (Å²) >= 11 is 0. The highest BCUT2D eigenvalue weighted by Gasteiger charge is 2.17. The second-order valence-electron chi connectivity index (χ2n) is 3.82. The molecular formula is C13H12N3O4. The number of ether oxygens (including phenoxy) is 1. The van der Waals surface area contributed by atoms with Gasteiger partial charge in [0.2, 0.25) is 0 Å². The lowest BCUT2D eigenvalue weighted by atomic mass is 10.2. The number of hydrogen-bond donors (Lipinski definition) is 1. The minimum absolute atomic E-state index is 0.108. The van der Waals surface area contributed by atoms with Crippen LogP contribution in [0, 0.1) is 16.2 Å². The fraction of sp³-hybridized carbons (Fsp3) is 0.154.